The highest BCUT2D eigenvalue weighted by Crippen LogP contribution is 2.43. The molecule has 35 heavy (non-hydrogen) atoms. The second-order valence-corrected chi connectivity index (χ2v) is 8.46. The minimum absolute atomic E-state index is 0.0949. The number of halogens is 1. The number of hydrogen-bond acceptors (Lipinski definition) is 7. The van der Waals surface area contributed by atoms with Gasteiger partial charge in [0.15, 0.2) is 0 Å². The van der Waals surface area contributed by atoms with E-state index < -0.39 is 22.8 Å². The molecule has 9 heteroatoms. The zero-order chi connectivity index (χ0) is 25.5. The van der Waals surface area contributed by atoms with Gasteiger partial charge >= 0.3 is 11.9 Å². The highest BCUT2D eigenvalue weighted by molar-refractivity contribution is 6.20. The topological polar surface area (TPSA) is 108 Å². The first-order valence-electron chi connectivity index (χ1n) is 11.2. The van der Waals surface area contributed by atoms with Gasteiger partial charge < -0.3 is 14.8 Å². The van der Waals surface area contributed by atoms with Crippen LogP contribution in [0, 0.1) is 10.1 Å². The van der Waals surface area contributed by atoms with Crippen molar-refractivity contribution in [2.75, 3.05) is 13.7 Å². The second kappa shape index (κ2) is 11.7. The molecule has 0 aliphatic carbocycles. The third-order valence-electron chi connectivity index (χ3n) is 5.80. The maximum atomic E-state index is 13.3. The molecule has 2 aromatic rings. The summed E-state index contributed by atoms with van der Waals surface area (Å²) in [7, 11) is 1.22. The summed E-state index contributed by atoms with van der Waals surface area (Å²) >= 11 is 6.63. The van der Waals surface area contributed by atoms with Gasteiger partial charge in [-0.05, 0) is 32.3 Å². The Morgan fingerprint density at radius 3 is 2.37 bits per heavy atom. The Kier molecular flexibility index (Phi) is 8.65. The number of carbonyl (C=O) groups excluding carboxylic acids is 2. The van der Waals surface area contributed by atoms with Gasteiger partial charge in [-0.3, -0.25) is 10.1 Å². The van der Waals surface area contributed by atoms with Crippen LogP contribution in [-0.4, -0.2) is 30.6 Å². The van der Waals surface area contributed by atoms with Crippen molar-refractivity contribution in [3.63, 3.8) is 0 Å². The predicted octanol–water partition coefficient (Wildman–Crippen LogP) is 5.31. The summed E-state index contributed by atoms with van der Waals surface area (Å²) in [6, 6.07) is 15.6. The van der Waals surface area contributed by atoms with E-state index in [4.69, 9.17) is 21.1 Å². The van der Waals surface area contributed by atoms with Crippen LogP contribution in [0.2, 0.25) is 0 Å². The molecule has 2 atom stereocenters. The Labute approximate surface area is 208 Å². The quantitative estimate of drug-likeness (QED) is 0.216. The molecule has 1 heterocycles. The molecule has 184 valence electrons. The van der Waals surface area contributed by atoms with E-state index in [0.717, 1.165) is 5.56 Å². The number of hydrogen-bond donors (Lipinski definition) is 1. The summed E-state index contributed by atoms with van der Waals surface area (Å²) < 4.78 is 10.3. The molecule has 1 aliphatic heterocycles. The molecule has 8 nitrogen and oxygen atoms in total. The molecule has 2 aromatic carbocycles. The third kappa shape index (κ3) is 5.71. The summed E-state index contributed by atoms with van der Waals surface area (Å²) in [6.07, 6.45) is 0.821. The van der Waals surface area contributed by atoms with E-state index in [9.17, 15) is 19.7 Å². The number of dihydropyridines is 1. The zero-order valence-corrected chi connectivity index (χ0v) is 20.5. The molecule has 3 rings (SSSR count). The number of allylic oxidation sites excluding steroid dienone is 2. The van der Waals surface area contributed by atoms with Crippen LogP contribution < -0.4 is 5.32 Å². The summed E-state index contributed by atoms with van der Waals surface area (Å²) in [6.45, 7) is 3.43. The SMILES string of the molecule is CCOC(=O)C1=C(CCC(Cl)c2ccccc2)NC(C)=C(C(=O)OC)C1c1ccccc1[N+](=O)[O-]. The number of nitro groups is 1. The van der Waals surface area contributed by atoms with Crippen LogP contribution >= 0.6 is 11.6 Å². The average molecular weight is 499 g/mol. The fourth-order valence-corrected chi connectivity index (χ4v) is 4.49. The Morgan fingerprint density at radius 2 is 1.74 bits per heavy atom. The van der Waals surface area contributed by atoms with Crippen LogP contribution in [0.4, 0.5) is 5.69 Å². The molecular formula is C26H27ClN2O6. The minimum atomic E-state index is -1.05. The maximum Gasteiger partial charge on any atom is 0.336 e. The largest absolute Gasteiger partial charge is 0.466 e. The van der Waals surface area contributed by atoms with Crippen LogP contribution in [0.5, 0.6) is 0 Å². The number of esters is 2. The molecule has 0 aromatic heterocycles. The Balaban J connectivity index is 2.15. The minimum Gasteiger partial charge on any atom is -0.466 e. The third-order valence-corrected chi connectivity index (χ3v) is 6.27. The maximum absolute atomic E-state index is 13.3. The van der Waals surface area contributed by atoms with E-state index in [0.29, 0.717) is 24.2 Å². The molecule has 1 aliphatic rings. The number of rotatable bonds is 9. The Hall–Kier alpha value is -3.65. The lowest BCUT2D eigenvalue weighted by Gasteiger charge is -2.31. The number of alkyl halides is 1. The number of para-hydroxylation sites is 1. The normalized spacial score (nSPS) is 16.4. The van der Waals surface area contributed by atoms with Crippen LogP contribution in [-0.2, 0) is 19.1 Å². The number of ether oxygens (including phenoxy) is 2. The van der Waals surface area contributed by atoms with Crippen LogP contribution in [0.3, 0.4) is 0 Å². The van der Waals surface area contributed by atoms with Gasteiger partial charge in [-0.1, -0.05) is 48.5 Å². The van der Waals surface area contributed by atoms with Crippen molar-refractivity contribution in [3.8, 4) is 0 Å². The fourth-order valence-electron chi connectivity index (χ4n) is 4.23. The predicted molar refractivity (Wildman–Crippen MR) is 132 cm³/mol. The second-order valence-electron chi connectivity index (χ2n) is 7.93. The molecule has 1 N–H and O–H groups in total. The first-order chi connectivity index (χ1) is 16.8. The molecule has 2 unspecified atom stereocenters. The standard InChI is InChI=1S/C26H27ClN2O6/c1-4-35-26(31)24-20(15-14-19(27)17-10-6-5-7-11-17)28-16(2)22(25(30)34-3)23(24)18-12-8-9-13-21(18)29(32)33/h5-13,19,23,28H,4,14-15H2,1-3H3. The van der Waals surface area contributed by atoms with Gasteiger partial charge in [0.2, 0.25) is 0 Å². The summed E-state index contributed by atoms with van der Waals surface area (Å²) in [5, 5.41) is 14.7. The summed E-state index contributed by atoms with van der Waals surface area (Å²) in [5.74, 6) is -2.42. The van der Waals surface area contributed by atoms with Crippen molar-refractivity contribution in [2.24, 2.45) is 0 Å². The molecule has 0 bridgehead atoms. The van der Waals surface area contributed by atoms with Gasteiger partial charge in [0, 0.05) is 23.0 Å². The van der Waals surface area contributed by atoms with Crippen molar-refractivity contribution in [1.82, 2.24) is 5.32 Å². The number of methoxy groups -OCH3 is 1. The van der Waals surface area contributed by atoms with E-state index in [-0.39, 0.29) is 34.4 Å². The van der Waals surface area contributed by atoms with Crippen LogP contribution in [0.25, 0.3) is 0 Å². The number of nitrogens with one attached hydrogen (secondary N) is 1. The van der Waals surface area contributed by atoms with Gasteiger partial charge in [-0.25, -0.2) is 9.59 Å². The number of nitro benzene ring substituents is 1. The number of carbonyl (C=O) groups is 2. The first-order valence-corrected chi connectivity index (χ1v) is 11.6. The summed E-state index contributed by atoms with van der Waals surface area (Å²) in [4.78, 5) is 37.4. The van der Waals surface area contributed by atoms with E-state index in [1.54, 1.807) is 19.9 Å². The first kappa shape index (κ1) is 26.0. The van der Waals surface area contributed by atoms with Crippen LogP contribution in [0.15, 0.2) is 77.1 Å². The molecular weight excluding hydrogens is 472 g/mol. The summed E-state index contributed by atoms with van der Waals surface area (Å²) in [5.41, 5.74) is 2.09. The van der Waals surface area contributed by atoms with Gasteiger partial charge in [-0.2, -0.15) is 0 Å². The van der Waals surface area contributed by atoms with E-state index >= 15 is 0 Å². The molecule has 0 saturated heterocycles. The highest BCUT2D eigenvalue weighted by Gasteiger charge is 2.41. The zero-order valence-electron chi connectivity index (χ0n) is 19.7. The van der Waals surface area contributed by atoms with E-state index in [1.165, 1.54) is 25.3 Å². The van der Waals surface area contributed by atoms with Gasteiger partial charge in [0.25, 0.3) is 5.69 Å². The molecule has 0 radical (unpaired) electrons. The van der Waals surface area contributed by atoms with Gasteiger partial charge in [0.05, 0.1) is 41.1 Å². The van der Waals surface area contributed by atoms with Crippen molar-refractivity contribution in [3.05, 3.63) is 98.4 Å². The van der Waals surface area contributed by atoms with Gasteiger partial charge in [-0.15, -0.1) is 11.6 Å². The molecule has 0 spiro atoms. The average Bonchev–Trinajstić information content (AvgIpc) is 2.86. The molecule has 0 fully saturated rings. The Bertz CT molecular complexity index is 1180. The smallest absolute Gasteiger partial charge is 0.336 e. The van der Waals surface area contributed by atoms with Crippen molar-refractivity contribution in [2.45, 2.75) is 38.0 Å². The fraction of sp³-hybridized carbons (Fsp3) is 0.308. The van der Waals surface area contributed by atoms with E-state index in [2.05, 4.69) is 5.32 Å². The number of benzene rings is 2. The van der Waals surface area contributed by atoms with Gasteiger partial charge in [0.1, 0.15) is 0 Å². The lowest BCUT2D eigenvalue weighted by Crippen LogP contribution is -2.33. The molecule has 0 saturated carbocycles. The van der Waals surface area contributed by atoms with Crippen molar-refractivity contribution >= 4 is 29.2 Å². The lowest BCUT2D eigenvalue weighted by atomic mass is 9.79. The van der Waals surface area contributed by atoms with E-state index in [1.807, 2.05) is 30.3 Å². The van der Waals surface area contributed by atoms with Crippen LogP contribution in [0.1, 0.15) is 49.1 Å². The monoisotopic (exact) mass is 498 g/mol. The van der Waals surface area contributed by atoms with Crippen molar-refractivity contribution < 1.29 is 24.0 Å². The van der Waals surface area contributed by atoms with Crippen molar-refractivity contribution in [1.29, 1.82) is 0 Å². The highest BCUT2D eigenvalue weighted by atomic mass is 35.5. The Morgan fingerprint density at radius 1 is 1.09 bits per heavy atom. The molecule has 0 amide bonds. The lowest BCUT2D eigenvalue weighted by molar-refractivity contribution is -0.385. The number of nitrogens with zero attached hydrogens (tertiary/aromatic N) is 1.